The van der Waals surface area contributed by atoms with Gasteiger partial charge in [0.25, 0.3) is 0 Å². The summed E-state index contributed by atoms with van der Waals surface area (Å²) in [4.78, 5) is 17.4. The lowest BCUT2D eigenvalue weighted by Gasteiger charge is -2.27. The van der Waals surface area contributed by atoms with Gasteiger partial charge in [-0.3, -0.25) is 4.90 Å². The van der Waals surface area contributed by atoms with Crippen molar-refractivity contribution in [3.8, 4) is 6.07 Å². The van der Waals surface area contributed by atoms with Gasteiger partial charge in [0.05, 0.1) is 17.1 Å². The molecule has 0 radical (unpaired) electrons. The van der Waals surface area contributed by atoms with E-state index in [9.17, 15) is 0 Å². The molecule has 26 heavy (non-hydrogen) atoms. The lowest BCUT2D eigenvalue weighted by Crippen LogP contribution is -2.33. The molecule has 0 bridgehead atoms. The Morgan fingerprint density at radius 3 is 2.96 bits per heavy atom. The molecule has 0 saturated carbocycles. The highest BCUT2D eigenvalue weighted by atomic mass is 35.5. The summed E-state index contributed by atoms with van der Waals surface area (Å²) in [6.45, 7) is 2.44. The number of nitrogen functional groups attached to an aromatic ring is 1. The van der Waals surface area contributed by atoms with E-state index in [0.29, 0.717) is 29.0 Å². The molecule has 2 aromatic heterocycles. The first kappa shape index (κ1) is 18.4. The number of rotatable bonds is 4. The maximum atomic E-state index is 8.96. The third-order valence-corrected chi connectivity index (χ3v) is 4.97. The van der Waals surface area contributed by atoms with Crippen molar-refractivity contribution in [1.29, 1.82) is 5.26 Å². The third kappa shape index (κ3) is 4.40. The molecule has 3 rings (SSSR count). The zero-order valence-corrected chi connectivity index (χ0v) is 15.5. The van der Waals surface area contributed by atoms with Crippen molar-refractivity contribution in [2.24, 2.45) is 0 Å². The summed E-state index contributed by atoms with van der Waals surface area (Å²) in [5.74, 6) is 2.00. The average molecular weight is 372 g/mol. The van der Waals surface area contributed by atoms with Gasteiger partial charge in [-0.25, -0.2) is 15.0 Å². The number of nitrogens with two attached hydrogens (primary N) is 1. The van der Waals surface area contributed by atoms with Crippen LogP contribution < -0.4 is 10.6 Å². The molecule has 7 nitrogen and oxygen atoms in total. The summed E-state index contributed by atoms with van der Waals surface area (Å²) < 4.78 is 0. The normalized spacial score (nSPS) is 17.8. The standard InChI is InChI=1S/C18H22ClN7/c1-25(12-17-22-6-4-16(21)24-17)14-3-2-7-26(8-5-14)18-15(19)9-13(10-20)11-23-18/h4,6,9,11,14H,2-3,5,7-8,12H2,1H3,(H2,21,22,24)/t14-/m0/s1. The molecule has 3 heterocycles. The Balaban J connectivity index is 1.63. The summed E-state index contributed by atoms with van der Waals surface area (Å²) in [7, 11) is 2.10. The fourth-order valence-corrected chi connectivity index (χ4v) is 3.58. The zero-order chi connectivity index (χ0) is 18.5. The Morgan fingerprint density at radius 2 is 2.23 bits per heavy atom. The van der Waals surface area contributed by atoms with Gasteiger partial charge < -0.3 is 10.6 Å². The molecule has 1 saturated heterocycles. The minimum Gasteiger partial charge on any atom is -0.384 e. The van der Waals surface area contributed by atoms with Gasteiger partial charge in [-0.05, 0) is 38.4 Å². The van der Waals surface area contributed by atoms with Crippen LogP contribution in [0.1, 0.15) is 30.7 Å². The largest absolute Gasteiger partial charge is 0.384 e. The summed E-state index contributed by atoms with van der Waals surface area (Å²) in [5.41, 5.74) is 6.22. The SMILES string of the molecule is CN(Cc1nccc(N)n1)[C@H]1CCCN(c2ncc(C#N)cc2Cl)CC1. The molecule has 1 aliphatic heterocycles. The second-order valence-electron chi connectivity index (χ2n) is 6.53. The molecule has 1 aliphatic rings. The maximum Gasteiger partial charge on any atom is 0.147 e. The quantitative estimate of drug-likeness (QED) is 0.881. The van der Waals surface area contributed by atoms with Gasteiger partial charge in [-0.1, -0.05) is 11.6 Å². The van der Waals surface area contributed by atoms with Crippen LogP contribution in [0.3, 0.4) is 0 Å². The Hall–Kier alpha value is -2.43. The number of halogens is 1. The number of anilines is 2. The Morgan fingerprint density at radius 1 is 1.38 bits per heavy atom. The van der Waals surface area contributed by atoms with Crippen LogP contribution in [0.25, 0.3) is 0 Å². The summed E-state index contributed by atoms with van der Waals surface area (Å²) in [5, 5.41) is 9.49. The average Bonchev–Trinajstić information content (AvgIpc) is 2.87. The van der Waals surface area contributed by atoms with E-state index in [1.165, 1.54) is 0 Å². The van der Waals surface area contributed by atoms with Crippen LogP contribution in [0.5, 0.6) is 0 Å². The molecular formula is C18H22ClN7. The van der Waals surface area contributed by atoms with Crippen molar-refractivity contribution in [3.63, 3.8) is 0 Å². The lowest BCUT2D eigenvalue weighted by molar-refractivity contribution is 0.212. The van der Waals surface area contributed by atoms with Crippen molar-refractivity contribution in [1.82, 2.24) is 19.9 Å². The van der Waals surface area contributed by atoms with Gasteiger partial charge in [-0.2, -0.15) is 5.26 Å². The molecule has 2 aromatic rings. The van der Waals surface area contributed by atoms with Crippen LogP contribution >= 0.6 is 11.6 Å². The summed E-state index contributed by atoms with van der Waals surface area (Å²) in [6, 6.07) is 5.87. The van der Waals surface area contributed by atoms with Crippen molar-refractivity contribution < 1.29 is 0 Å². The number of pyridine rings is 1. The molecule has 0 amide bonds. The van der Waals surface area contributed by atoms with Gasteiger partial charge in [0.1, 0.15) is 23.5 Å². The van der Waals surface area contributed by atoms with E-state index in [-0.39, 0.29) is 0 Å². The first-order valence-corrected chi connectivity index (χ1v) is 9.03. The molecule has 0 aliphatic carbocycles. The Labute approximate surface area is 158 Å². The monoisotopic (exact) mass is 371 g/mol. The molecule has 0 aromatic carbocycles. The van der Waals surface area contributed by atoms with Gasteiger partial charge in [0.15, 0.2) is 0 Å². The molecule has 8 heteroatoms. The van der Waals surface area contributed by atoms with Gasteiger partial charge >= 0.3 is 0 Å². The van der Waals surface area contributed by atoms with Crippen LogP contribution in [-0.2, 0) is 6.54 Å². The summed E-state index contributed by atoms with van der Waals surface area (Å²) >= 11 is 6.32. The van der Waals surface area contributed by atoms with Gasteiger partial charge in [0, 0.05) is 31.5 Å². The minimum absolute atomic E-state index is 0.433. The molecule has 2 N–H and O–H groups in total. The molecule has 0 spiro atoms. The van der Waals surface area contributed by atoms with E-state index in [1.807, 2.05) is 0 Å². The highest BCUT2D eigenvalue weighted by molar-refractivity contribution is 6.33. The second-order valence-corrected chi connectivity index (χ2v) is 6.93. The first-order chi connectivity index (χ1) is 12.6. The van der Waals surface area contributed by atoms with E-state index < -0.39 is 0 Å². The Kier molecular flexibility index (Phi) is 5.86. The molecule has 1 fully saturated rings. The van der Waals surface area contributed by atoms with Crippen molar-refractivity contribution in [2.45, 2.75) is 31.8 Å². The predicted molar refractivity (Wildman–Crippen MR) is 102 cm³/mol. The van der Waals surface area contributed by atoms with E-state index in [2.05, 4.69) is 37.9 Å². The Bertz CT molecular complexity index is 804. The van der Waals surface area contributed by atoms with Gasteiger partial charge in [-0.15, -0.1) is 0 Å². The van der Waals surface area contributed by atoms with Crippen molar-refractivity contribution >= 4 is 23.2 Å². The van der Waals surface area contributed by atoms with E-state index in [1.54, 1.807) is 24.5 Å². The smallest absolute Gasteiger partial charge is 0.147 e. The molecule has 136 valence electrons. The number of aromatic nitrogens is 3. The topological polar surface area (TPSA) is 95.0 Å². The lowest BCUT2D eigenvalue weighted by atomic mass is 10.1. The first-order valence-electron chi connectivity index (χ1n) is 8.65. The van der Waals surface area contributed by atoms with Crippen LogP contribution in [0.4, 0.5) is 11.6 Å². The predicted octanol–water partition coefficient (Wildman–Crippen LogP) is 2.47. The van der Waals surface area contributed by atoms with Crippen molar-refractivity contribution in [3.05, 3.63) is 40.9 Å². The van der Waals surface area contributed by atoms with Crippen LogP contribution in [0.15, 0.2) is 24.5 Å². The fraction of sp³-hybridized carbons (Fsp3) is 0.444. The summed E-state index contributed by atoms with van der Waals surface area (Å²) in [6.07, 6.45) is 6.40. The fourth-order valence-electron chi connectivity index (χ4n) is 3.30. The number of nitriles is 1. The van der Waals surface area contributed by atoms with Gasteiger partial charge in [0.2, 0.25) is 0 Å². The second kappa shape index (κ2) is 8.30. The number of nitrogens with zero attached hydrogens (tertiary/aromatic N) is 6. The molecular weight excluding hydrogens is 350 g/mol. The highest BCUT2D eigenvalue weighted by Crippen LogP contribution is 2.27. The highest BCUT2D eigenvalue weighted by Gasteiger charge is 2.23. The minimum atomic E-state index is 0.433. The van der Waals surface area contributed by atoms with Crippen LogP contribution in [0, 0.1) is 11.3 Å². The molecule has 1 atom stereocenters. The van der Waals surface area contributed by atoms with Crippen LogP contribution in [-0.4, -0.2) is 46.0 Å². The number of hydrogen-bond donors (Lipinski definition) is 1. The van der Waals surface area contributed by atoms with E-state index in [0.717, 1.165) is 44.0 Å². The van der Waals surface area contributed by atoms with E-state index >= 15 is 0 Å². The number of hydrogen-bond acceptors (Lipinski definition) is 7. The third-order valence-electron chi connectivity index (χ3n) is 4.69. The van der Waals surface area contributed by atoms with E-state index in [4.69, 9.17) is 22.6 Å². The zero-order valence-electron chi connectivity index (χ0n) is 14.8. The van der Waals surface area contributed by atoms with Crippen LogP contribution in [0.2, 0.25) is 5.02 Å². The maximum absolute atomic E-state index is 8.96. The van der Waals surface area contributed by atoms with Crippen molar-refractivity contribution in [2.75, 3.05) is 30.8 Å². The molecule has 0 unspecified atom stereocenters.